The van der Waals surface area contributed by atoms with E-state index < -0.39 is 60.1 Å². The van der Waals surface area contributed by atoms with Crippen molar-refractivity contribution in [1.82, 2.24) is 15.2 Å². The Hall–Kier alpha value is -4.32. The first-order chi connectivity index (χ1) is 19.8. The summed E-state index contributed by atoms with van der Waals surface area (Å²) in [6.45, 7) is 0.153. The van der Waals surface area contributed by atoms with Crippen LogP contribution in [0.15, 0.2) is 60.7 Å². The minimum absolute atomic E-state index is 0.235. The molecule has 1 aliphatic heterocycles. The molecule has 12 heteroatoms. The lowest BCUT2D eigenvalue weighted by molar-refractivity contribution is -0.187. The van der Waals surface area contributed by atoms with Crippen molar-refractivity contribution >= 4 is 23.4 Å². The second kappa shape index (κ2) is 10.8. The van der Waals surface area contributed by atoms with Crippen molar-refractivity contribution in [3.8, 4) is 11.3 Å². The van der Waals surface area contributed by atoms with Gasteiger partial charge in [-0.05, 0) is 48.4 Å². The second-order valence-corrected chi connectivity index (χ2v) is 10.5. The number of ether oxygens (including phenoxy) is 1. The molecule has 3 aromatic rings. The number of ketones is 1. The number of carbonyl (C=O) groups excluding carboxylic acids is 3. The van der Waals surface area contributed by atoms with Crippen LogP contribution in [-0.4, -0.2) is 60.5 Å². The molecule has 0 radical (unpaired) electrons. The van der Waals surface area contributed by atoms with Crippen LogP contribution in [0.5, 0.6) is 0 Å². The van der Waals surface area contributed by atoms with E-state index in [1.807, 2.05) is 25.1 Å². The number of hydrogen-bond acceptors (Lipinski definition) is 6. The van der Waals surface area contributed by atoms with Crippen molar-refractivity contribution in [1.29, 1.82) is 0 Å². The summed E-state index contributed by atoms with van der Waals surface area (Å²) in [5.74, 6) is -3.55. The van der Waals surface area contributed by atoms with Gasteiger partial charge in [0.1, 0.15) is 24.4 Å². The van der Waals surface area contributed by atoms with Crippen molar-refractivity contribution < 1.29 is 36.7 Å². The maximum atomic E-state index is 13.9. The second-order valence-electron chi connectivity index (χ2n) is 10.5. The fourth-order valence-electron chi connectivity index (χ4n) is 5.37. The molecular formula is C30H28F4N4O4. The summed E-state index contributed by atoms with van der Waals surface area (Å²) in [5, 5.41) is 2.49. The van der Waals surface area contributed by atoms with Gasteiger partial charge in [0, 0.05) is 38.2 Å². The SMILES string of the molecule is C[C@H](N(Cc1ccc(F)cc1)C(=O)CC1C(=O)[C@]2(OCNC2=O)c2ccc(-c3cccc(N(C)C)n3)cc21)C(F)(F)F. The summed E-state index contributed by atoms with van der Waals surface area (Å²) in [4.78, 5) is 47.5. The summed E-state index contributed by atoms with van der Waals surface area (Å²) in [5.41, 5.74) is -0.0334. The smallest absolute Gasteiger partial charge is 0.363 e. The van der Waals surface area contributed by atoms with E-state index in [0.717, 1.165) is 19.1 Å². The van der Waals surface area contributed by atoms with Gasteiger partial charge in [-0.3, -0.25) is 14.4 Å². The lowest BCUT2D eigenvalue weighted by atomic mass is 9.92. The molecule has 220 valence electrons. The molecule has 1 saturated heterocycles. The Morgan fingerprint density at radius 3 is 2.45 bits per heavy atom. The number of benzene rings is 2. The van der Waals surface area contributed by atoms with Gasteiger partial charge in [-0.1, -0.05) is 30.3 Å². The van der Waals surface area contributed by atoms with Crippen LogP contribution in [0.1, 0.15) is 36.0 Å². The molecule has 0 bridgehead atoms. The minimum Gasteiger partial charge on any atom is -0.363 e. The molecule has 1 aromatic heterocycles. The van der Waals surface area contributed by atoms with Crippen LogP contribution < -0.4 is 10.2 Å². The van der Waals surface area contributed by atoms with Gasteiger partial charge in [0.05, 0.1) is 11.6 Å². The Kier molecular flexibility index (Phi) is 7.52. The molecule has 1 fully saturated rings. The van der Waals surface area contributed by atoms with E-state index in [2.05, 4.69) is 10.3 Å². The van der Waals surface area contributed by atoms with Gasteiger partial charge >= 0.3 is 6.18 Å². The van der Waals surface area contributed by atoms with E-state index in [1.165, 1.54) is 12.1 Å². The third-order valence-electron chi connectivity index (χ3n) is 7.71. The molecule has 2 aromatic carbocycles. The first-order valence-corrected chi connectivity index (χ1v) is 13.2. The monoisotopic (exact) mass is 584 g/mol. The van der Waals surface area contributed by atoms with E-state index >= 15 is 0 Å². The lowest BCUT2D eigenvalue weighted by Crippen LogP contribution is -2.47. The number of alkyl halides is 3. The molecule has 42 heavy (non-hydrogen) atoms. The van der Waals surface area contributed by atoms with Crippen molar-refractivity contribution in [3.63, 3.8) is 0 Å². The molecule has 1 spiro atoms. The highest BCUT2D eigenvalue weighted by atomic mass is 19.4. The highest BCUT2D eigenvalue weighted by Crippen LogP contribution is 2.48. The number of halogens is 4. The number of pyridine rings is 1. The molecule has 2 aliphatic rings. The average Bonchev–Trinajstić information content (AvgIpc) is 3.45. The molecule has 1 unspecified atom stereocenters. The predicted molar refractivity (Wildman–Crippen MR) is 145 cm³/mol. The van der Waals surface area contributed by atoms with Crippen LogP contribution in [0.3, 0.4) is 0 Å². The molecule has 2 heterocycles. The fraction of sp³-hybridized carbons (Fsp3) is 0.333. The number of Topliss-reactive ketones (excluding diaryl/α,β-unsaturated/α-hetero) is 1. The number of aromatic nitrogens is 1. The molecular weight excluding hydrogens is 556 g/mol. The van der Waals surface area contributed by atoms with Crippen LogP contribution in [0, 0.1) is 5.82 Å². The zero-order valence-electron chi connectivity index (χ0n) is 23.0. The Morgan fingerprint density at radius 2 is 1.83 bits per heavy atom. The number of nitrogens with one attached hydrogen (secondary N) is 1. The van der Waals surface area contributed by atoms with Crippen LogP contribution in [0.25, 0.3) is 11.3 Å². The van der Waals surface area contributed by atoms with Crippen LogP contribution in [0.4, 0.5) is 23.4 Å². The lowest BCUT2D eigenvalue weighted by Gasteiger charge is -2.31. The topological polar surface area (TPSA) is 91.8 Å². The van der Waals surface area contributed by atoms with Crippen LogP contribution in [-0.2, 0) is 31.3 Å². The summed E-state index contributed by atoms with van der Waals surface area (Å²) >= 11 is 0. The molecule has 1 N–H and O–H groups in total. The average molecular weight is 585 g/mol. The number of amides is 2. The van der Waals surface area contributed by atoms with Gasteiger partial charge in [-0.15, -0.1) is 0 Å². The van der Waals surface area contributed by atoms with Gasteiger partial charge in [0.15, 0.2) is 5.78 Å². The number of hydrogen-bond donors (Lipinski definition) is 1. The molecule has 5 rings (SSSR count). The largest absolute Gasteiger partial charge is 0.408 e. The number of nitrogens with zero attached hydrogens (tertiary/aromatic N) is 3. The van der Waals surface area contributed by atoms with Crippen molar-refractivity contribution in [2.24, 2.45) is 0 Å². The van der Waals surface area contributed by atoms with Crippen molar-refractivity contribution in [2.75, 3.05) is 25.7 Å². The molecule has 0 saturated carbocycles. The summed E-state index contributed by atoms with van der Waals surface area (Å²) in [6, 6.07) is 12.8. The number of fused-ring (bicyclic) bond motifs is 2. The van der Waals surface area contributed by atoms with Crippen molar-refractivity contribution in [3.05, 3.63) is 83.2 Å². The normalized spacial score (nSPS) is 20.4. The summed E-state index contributed by atoms with van der Waals surface area (Å²) < 4.78 is 60.7. The van der Waals surface area contributed by atoms with E-state index in [4.69, 9.17) is 4.74 Å². The third kappa shape index (κ3) is 5.11. The van der Waals surface area contributed by atoms with E-state index in [-0.39, 0.29) is 17.9 Å². The summed E-state index contributed by atoms with van der Waals surface area (Å²) in [6.07, 6.45) is -5.40. The predicted octanol–water partition coefficient (Wildman–Crippen LogP) is 4.29. The Labute approximate surface area is 239 Å². The van der Waals surface area contributed by atoms with Gasteiger partial charge in [0.2, 0.25) is 11.5 Å². The molecule has 1 aliphatic carbocycles. The van der Waals surface area contributed by atoms with E-state index in [1.54, 1.807) is 30.3 Å². The zero-order chi connectivity index (χ0) is 30.4. The minimum atomic E-state index is -4.76. The third-order valence-corrected chi connectivity index (χ3v) is 7.71. The molecule has 8 nitrogen and oxygen atoms in total. The Bertz CT molecular complexity index is 1540. The van der Waals surface area contributed by atoms with Gasteiger partial charge in [-0.2, -0.15) is 13.2 Å². The standard InChI is InChI=1S/C30H28F4N4O4/c1-17(30(32,33)34)38(15-18-7-10-20(31)11-8-18)26(39)14-22-21-13-19(24-5-4-6-25(36-24)37(2)3)9-12-23(21)29(27(22)40)28(41)35-16-42-29/h4-13,17,22H,14-16H2,1-3H3,(H,35,41)/t17-,22?,29+/m0/s1. The number of anilines is 1. The number of carbonyl (C=O) groups is 3. The Balaban J connectivity index is 1.55. The Morgan fingerprint density at radius 1 is 1.12 bits per heavy atom. The molecule has 2 amide bonds. The number of rotatable bonds is 7. The highest BCUT2D eigenvalue weighted by Gasteiger charge is 2.61. The van der Waals surface area contributed by atoms with Crippen molar-refractivity contribution in [2.45, 2.75) is 43.6 Å². The molecule has 3 atom stereocenters. The van der Waals surface area contributed by atoms with Gasteiger partial charge in [0.25, 0.3) is 5.91 Å². The van der Waals surface area contributed by atoms with Gasteiger partial charge < -0.3 is 19.9 Å². The first kappa shape index (κ1) is 29.2. The van der Waals surface area contributed by atoms with Crippen LogP contribution in [0.2, 0.25) is 0 Å². The first-order valence-electron chi connectivity index (χ1n) is 13.2. The maximum absolute atomic E-state index is 13.9. The fourth-order valence-corrected chi connectivity index (χ4v) is 5.37. The summed E-state index contributed by atoms with van der Waals surface area (Å²) in [7, 11) is 3.66. The van der Waals surface area contributed by atoms with E-state index in [0.29, 0.717) is 27.5 Å². The van der Waals surface area contributed by atoms with Crippen LogP contribution >= 0.6 is 0 Å². The van der Waals surface area contributed by atoms with E-state index in [9.17, 15) is 31.9 Å². The van der Waals surface area contributed by atoms with Gasteiger partial charge in [-0.25, -0.2) is 9.37 Å². The highest BCUT2D eigenvalue weighted by molar-refractivity contribution is 6.17. The maximum Gasteiger partial charge on any atom is 0.408 e. The quantitative estimate of drug-likeness (QED) is 0.329. The zero-order valence-corrected chi connectivity index (χ0v) is 23.0.